The van der Waals surface area contributed by atoms with Crippen LogP contribution < -0.4 is 23.7 Å². The van der Waals surface area contributed by atoms with Crippen molar-refractivity contribution in [3.8, 4) is 23.0 Å². The van der Waals surface area contributed by atoms with E-state index >= 15 is 0 Å². The van der Waals surface area contributed by atoms with Crippen molar-refractivity contribution in [3.05, 3.63) is 54.9 Å². The van der Waals surface area contributed by atoms with Crippen molar-refractivity contribution < 1.29 is 27.4 Å². The van der Waals surface area contributed by atoms with Crippen molar-refractivity contribution in [2.24, 2.45) is 0 Å². The highest BCUT2D eigenvalue weighted by Gasteiger charge is 2.22. The summed E-state index contributed by atoms with van der Waals surface area (Å²) in [5.41, 5.74) is 0.335. The van der Waals surface area contributed by atoms with E-state index < -0.39 is 10.0 Å². The van der Waals surface area contributed by atoms with Gasteiger partial charge in [0, 0.05) is 12.3 Å². The third-order valence-electron chi connectivity index (χ3n) is 4.51. The van der Waals surface area contributed by atoms with Crippen LogP contribution in [-0.2, 0) is 16.6 Å². The summed E-state index contributed by atoms with van der Waals surface area (Å²) in [5.74, 6) is 2.15. The summed E-state index contributed by atoms with van der Waals surface area (Å²) in [4.78, 5) is 0.0496. The van der Waals surface area contributed by atoms with E-state index in [1.807, 2.05) is 24.3 Å². The number of benzene rings is 2. The first kappa shape index (κ1) is 19.9. The maximum atomic E-state index is 12.7. The molecule has 3 aromatic rings. The van der Waals surface area contributed by atoms with Crippen molar-refractivity contribution in [1.82, 2.24) is 9.78 Å². The van der Waals surface area contributed by atoms with Crippen LogP contribution in [0.25, 0.3) is 0 Å². The molecule has 158 valence electrons. The van der Waals surface area contributed by atoms with Crippen LogP contribution >= 0.6 is 0 Å². The van der Waals surface area contributed by atoms with Crippen LogP contribution in [0.15, 0.2) is 59.8 Å². The van der Waals surface area contributed by atoms with Gasteiger partial charge in [-0.05, 0) is 24.3 Å². The largest absolute Gasteiger partial charge is 0.493 e. The molecule has 4 rings (SSSR count). The molecule has 0 fully saturated rings. The van der Waals surface area contributed by atoms with Crippen molar-refractivity contribution in [2.45, 2.75) is 17.5 Å². The quantitative estimate of drug-likeness (QED) is 0.613. The topological polar surface area (TPSA) is 101 Å². The number of sulfonamides is 1. The Morgan fingerprint density at radius 2 is 1.90 bits per heavy atom. The van der Waals surface area contributed by atoms with Gasteiger partial charge in [0.2, 0.25) is 0 Å². The van der Waals surface area contributed by atoms with Crippen LogP contribution in [0.1, 0.15) is 0 Å². The molecule has 30 heavy (non-hydrogen) atoms. The van der Waals surface area contributed by atoms with Crippen LogP contribution in [0.5, 0.6) is 23.0 Å². The van der Waals surface area contributed by atoms with Gasteiger partial charge >= 0.3 is 0 Å². The van der Waals surface area contributed by atoms with Gasteiger partial charge < -0.3 is 18.9 Å². The summed E-state index contributed by atoms with van der Waals surface area (Å²) in [6.07, 6.45) is 2.80. The van der Waals surface area contributed by atoms with E-state index in [2.05, 4.69) is 9.82 Å². The van der Waals surface area contributed by atoms with Gasteiger partial charge in [-0.2, -0.15) is 5.10 Å². The summed E-state index contributed by atoms with van der Waals surface area (Å²) in [7, 11) is -0.895. The summed E-state index contributed by atoms with van der Waals surface area (Å²) in [5, 5.41) is 4.21. The Morgan fingerprint density at radius 1 is 1.13 bits per heavy atom. The fourth-order valence-corrected chi connectivity index (χ4v) is 4.12. The molecule has 1 aromatic heterocycles. The molecule has 1 aliphatic rings. The number of para-hydroxylation sites is 2. The van der Waals surface area contributed by atoms with Crippen LogP contribution in [-0.4, -0.2) is 45.1 Å². The molecule has 0 radical (unpaired) electrons. The summed E-state index contributed by atoms with van der Waals surface area (Å²) >= 11 is 0. The van der Waals surface area contributed by atoms with Crippen LogP contribution in [0.2, 0.25) is 0 Å². The standard InChI is InChI=1S/C20H21N3O6S/c1-26-17-8-7-16(9-20(17)27-2)30(24,25)22-14-10-21-23(11-14)12-15-13-28-18-5-3-4-6-19(18)29-15/h3-11,15,22H,12-13H2,1-2H3. The lowest BCUT2D eigenvalue weighted by atomic mass is 10.2. The highest BCUT2D eigenvalue weighted by Crippen LogP contribution is 2.32. The van der Waals surface area contributed by atoms with E-state index in [0.29, 0.717) is 41.8 Å². The number of rotatable bonds is 7. The Bertz CT molecular complexity index is 1140. The fourth-order valence-electron chi connectivity index (χ4n) is 3.08. The summed E-state index contributed by atoms with van der Waals surface area (Å²) < 4.78 is 51.5. The van der Waals surface area contributed by atoms with Crippen molar-refractivity contribution in [2.75, 3.05) is 25.5 Å². The first-order valence-electron chi connectivity index (χ1n) is 9.14. The third kappa shape index (κ3) is 4.13. The molecule has 9 nitrogen and oxygen atoms in total. The Balaban J connectivity index is 1.44. The number of aromatic nitrogens is 2. The zero-order valence-electron chi connectivity index (χ0n) is 16.4. The molecular formula is C20H21N3O6S. The molecule has 10 heteroatoms. The second kappa shape index (κ2) is 8.15. The first-order chi connectivity index (χ1) is 14.5. The predicted molar refractivity (Wildman–Crippen MR) is 109 cm³/mol. The Kier molecular flexibility index (Phi) is 5.40. The highest BCUT2D eigenvalue weighted by atomic mass is 32.2. The molecule has 1 N–H and O–H groups in total. The number of nitrogens with zero attached hydrogens (tertiary/aromatic N) is 2. The van der Waals surface area contributed by atoms with Crippen molar-refractivity contribution in [1.29, 1.82) is 0 Å². The lowest BCUT2D eigenvalue weighted by molar-refractivity contribution is 0.0759. The van der Waals surface area contributed by atoms with E-state index in [-0.39, 0.29) is 11.0 Å². The SMILES string of the molecule is COc1ccc(S(=O)(=O)Nc2cnn(CC3COc4ccccc4O3)c2)cc1OC. The molecule has 2 heterocycles. The molecule has 0 spiro atoms. The smallest absolute Gasteiger partial charge is 0.262 e. The fraction of sp³-hybridized carbons (Fsp3) is 0.250. The third-order valence-corrected chi connectivity index (χ3v) is 5.89. The second-order valence-electron chi connectivity index (χ2n) is 6.57. The maximum Gasteiger partial charge on any atom is 0.262 e. The highest BCUT2D eigenvalue weighted by molar-refractivity contribution is 7.92. The molecule has 1 unspecified atom stereocenters. The van der Waals surface area contributed by atoms with E-state index in [0.717, 1.165) is 0 Å². The van der Waals surface area contributed by atoms with Crippen LogP contribution in [0.3, 0.4) is 0 Å². The number of hydrogen-bond acceptors (Lipinski definition) is 7. The van der Waals surface area contributed by atoms with Gasteiger partial charge in [-0.15, -0.1) is 0 Å². The zero-order valence-corrected chi connectivity index (χ0v) is 17.3. The second-order valence-corrected chi connectivity index (χ2v) is 8.25. The number of ether oxygens (including phenoxy) is 4. The van der Waals surface area contributed by atoms with Gasteiger partial charge in [-0.25, -0.2) is 8.42 Å². The number of nitrogens with one attached hydrogen (secondary N) is 1. The van der Waals surface area contributed by atoms with E-state index in [4.69, 9.17) is 18.9 Å². The maximum absolute atomic E-state index is 12.7. The van der Waals surface area contributed by atoms with Crippen molar-refractivity contribution in [3.63, 3.8) is 0 Å². The lowest BCUT2D eigenvalue weighted by Gasteiger charge is -2.26. The van der Waals surface area contributed by atoms with E-state index in [1.165, 1.54) is 38.6 Å². The minimum atomic E-state index is -3.83. The summed E-state index contributed by atoms with van der Waals surface area (Å²) in [6, 6.07) is 11.8. The molecule has 0 aliphatic carbocycles. The minimum Gasteiger partial charge on any atom is -0.493 e. The molecule has 1 atom stereocenters. The minimum absolute atomic E-state index is 0.0496. The van der Waals surface area contributed by atoms with Crippen LogP contribution in [0.4, 0.5) is 5.69 Å². The molecule has 0 amide bonds. The van der Waals surface area contributed by atoms with Gasteiger partial charge in [0.15, 0.2) is 29.1 Å². The number of methoxy groups -OCH3 is 2. The average molecular weight is 431 g/mol. The van der Waals surface area contributed by atoms with Gasteiger partial charge in [-0.3, -0.25) is 9.40 Å². The molecule has 2 aromatic carbocycles. The van der Waals surface area contributed by atoms with Gasteiger partial charge in [0.25, 0.3) is 10.0 Å². The van der Waals surface area contributed by atoms with Gasteiger partial charge in [-0.1, -0.05) is 12.1 Å². The van der Waals surface area contributed by atoms with Gasteiger partial charge in [0.05, 0.1) is 37.5 Å². The average Bonchev–Trinajstić information content (AvgIpc) is 3.19. The zero-order chi connectivity index (χ0) is 21.1. The number of hydrogen-bond donors (Lipinski definition) is 1. The van der Waals surface area contributed by atoms with E-state index in [1.54, 1.807) is 10.9 Å². The molecule has 0 saturated heterocycles. The normalized spacial score (nSPS) is 15.5. The van der Waals surface area contributed by atoms with Crippen molar-refractivity contribution >= 4 is 15.7 Å². The lowest BCUT2D eigenvalue weighted by Crippen LogP contribution is -2.33. The molecular weight excluding hydrogens is 410 g/mol. The van der Waals surface area contributed by atoms with E-state index in [9.17, 15) is 8.42 Å². The first-order valence-corrected chi connectivity index (χ1v) is 10.6. The summed E-state index contributed by atoms with van der Waals surface area (Å²) in [6.45, 7) is 0.788. The molecule has 0 saturated carbocycles. The number of anilines is 1. The Morgan fingerprint density at radius 3 is 2.67 bits per heavy atom. The Labute approximate surface area is 174 Å². The predicted octanol–water partition coefficient (Wildman–Crippen LogP) is 2.54. The monoisotopic (exact) mass is 431 g/mol. The van der Waals surface area contributed by atoms with Crippen LogP contribution in [0, 0.1) is 0 Å². The number of fused-ring (bicyclic) bond motifs is 1. The van der Waals surface area contributed by atoms with Gasteiger partial charge in [0.1, 0.15) is 6.61 Å². The Hall–Kier alpha value is -3.40. The molecule has 0 bridgehead atoms. The molecule has 1 aliphatic heterocycles.